The summed E-state index contributed by atoms with van der Waals surface area (Å²) in [5, 5.41) is 30.7. The van der Waals surface area contributed by atoms with Gasteiger partial charge in [-0.2, -0.15) is 31.6 Å². The maximum atomic E-state index is 14.0. The normalized spacial score (nSPS) is 29.7. The molecule has 0 spiro atoms. The summed E-state index contributed by atoms with van der Waals surface area (Å²) in [6, 6.07) is 5.53. The molecule has 1 aromatic rings. The van der Waals surface area contributed by atoms with Crippen LogP contribution in [0.25, 0.3) is 0 Å². The number of aliphatic hydroxyl groups is 2. The van der Waals surface area contributed by atoms with Gasteiger partial charge in [0.2, 0.25) is 11.4 Å². The molecule has 2 rings (SSSR count). The molecule has 1 aromatic carbocycles. The van der Waals surface area contributed by atoms with E-state index in [0.29, 0.717) is 5.32 Å². The third kappa shape index (κ3) is 4.55. The maximum absolute atomic E-state index is 14.0. The third-order valence-electron chi connectivity index (χ3n) is 5.37. The highest BCUT2D eigenvalue weighted by Gasteiger charge is 2.78. The molecular formula is C20H20F6N2O6. The number of benzene rings is 1. The Hall–Kier alpha value is -2.89. The molecule has 1 saturated heterocycles. The molecule has 1 aliphatic heterocycles. The van der Waals surface area contributed by atoms with Crippen molar-refractivity contribution in [1.82, 2.24) is 5.32 Å². The highest BCUT2D eigenvalue weighted by molar-refractivity contribution is 5.81. The Bertz CT molecular complexity index is 912. The van der Waals surface area contributed by atoms with E-state index in [1.54, 1.807) is 6.07 Å². The lowest BCUT2D eigenvalue weighted by Crippen LogP contribution is -2.81. The summed E-state index contributed by atoms with van der Waals surface area (Å²) in [5.74, 6) is -11.8. The van der Waals surface area contributed by atoms with Crippen molar-refractivity contribution < 1.29 is 55.6 Å². The molecule has 0 bridgehead atoms. The standard InChI is InChI=1S/C20H20F6N2O6/c1-3-33-15(29)13-12(11-7-5-10(9-27)6-8-11)14(16(30)34-4-2)18(32,20(24,25)26)28-17(13,31)19(21,22)23/h5-8,12-14,28,31-32H,3-4H2,1-2H3/t12?,13-,14+,17-,18-/m0/s1. The van der Waals surface area contributed by atoms with E-state index in [1.807, 2.05) is 0 Å². The van der Waals surface area contributed by atoms with Crippen LogP contribution < -0.4 is 5.32 Å². The molecule has 8 nitrogen and oxygen atoms in total. The van der Waals surface area contributed by atoms with E-state index in [1.165, 1.54) is 13.8 Å². The summed E-state index contributed by atoms with van der Waals surface area (Å²) < 4.78 is 93.4. The SMILES string of the molecule is CCOC(=O)[C@@H]1C(c2ccc(C#N)cc2)[C@H](C(=O)OCC)[C@](O)(C(F)(F)F)N[C@@]1(O)C(F)(F)F. The van der Waals surface area contributed by atoms with Gasteiger partial charge in [0.25, 0.3) is 0 Å². The van der Waals surface area contributed by atoms with Crippen LogP contribution in [-0.2, 0) is 19.1 Å². The lowest BCUT2D eigenvalue weighted by Gasteiger charge is -2.54. The van der Waals surface area contributed by atoms with Gasteiger partial charge in [-0.1, -0.05) is 12.1 Å². The Balaban J connectivity index is 2.97. The smallest absolute Gasteiger partial charge is 0.432 e. The lowest BCUT2D eigenvalue weighted by molar-refractivity contribution is -0.376. The van der Waals surface area contributed by atoms with Gasteiger partial charge in [-0.15, -0.1) is 0 Å². The number of rotatable bonds is 5. The summed E-state index contributed by atoms with van der Waals surface area (Å²) in [5.41, 5.74) is -9.92. The second kappa shape index (κ2) is 9.40. The second-order valence-corrected chi connectivity index (χ2v) is 7.37. The minimum atomic E-state index is -5.96. The summed E-state index contributed by atoms with van der Waals surface area (Å²) in [6.07, 6.45) is -11.9. The van der Waals surface area contributed by atoms with E-state index >= 15 is 0 Å². The minimum absolute atomic E-state index is 0.0461. The number of piperidine rings is 1. The first-order valence-corrected chi connectivity index (χ1v) is 9.79. The summed E-state index contributed by atoms with van der Waals surface area (Å²) in [4.78, 5) is 25.3. The van der Waals surface area contributed by atoms with E-state index in [2.05, 4.69) is 9.47 Å². The molecule has 0 amide bonds. The molecule has 0 aromatic heterocycles. The van der Waals surface area contributed by atoms with Gasteiger partial charge in [0.1, 0.15) is 11.8 Å². The van der Waals surface area contributed by atoms with Crippen molar-refractivity contribution >= 4 is 11.9 Å². The number of nitrogens with zero attached hydrogens (tertiary/aromatic N) is 1. The van der Waals surface area contributed by atoms with Gasteiger partial charge in [-0.05, 0) is 31.5 Å². The Kier molecular flexibility index (Phi) is 7.56. The molecule has 1 unspecified atom stereocenters. The maximum Gasteiger partial charge on any atom is 0.432 e. The molecule has 3 N–H and O–H groups in total. The Labute approximate surface area is 189 Å². The van der Waals surface area contributed by atoms with Crippen LogP contribution >= 0.6 is 0 Å². The van der Waals surface area contributed by atoms with Crippen molar-refractivity contribution in [3.63, 3.8) is 0 Å². The molecule has 34 heavy (non-hydrogen) atoms. The number of carbonyl (C=O) groups is 2. The average Bonchev–Trinajstić information content (AvgIpc) is 2.72. The van der Waals surface area contributed by atoms with Gasteiger partial charge < -0.3 is 19.7 Å². The predicted octanol–water partition coefficient (Wildman–Crippen LogP) is 2.11. The lowest BCUT2D eigenvalue weighted by atomic mass is 9.64. The Morgan fingerprint density at radius 3 is 1.62 bits per heavy atom. The molecule has 0 aliphatic carbocycles. The van der Waals surface area contributed by atoms with Crippen molar-refractivity contribution in [2.75, 3.05) is 13.2 Å². The third-order valence-corrected chi connectivity index (χ3v) is 5.37. The molecule has 188 valence electrons. The van der Waals surface area contributed by atoms with Gasteiger partial charge in [0, 0.05) is 5.92 Å². The molecule has 5 atom stereocenters. The van der Waals surface area contributed by atoms with Crippen LogP contribution in [0.5, 0.6) is 0 Å². The zero-order valence-electron chi connectivity index (χ0n) is 17.7. The van der Waals surface area contributed by atoms with Crippen LogP contribution in [0.2, 0.25) is 0 Å². The number of nitriles is 1. The molecule has 1 aliphatic rings. The number of alkyl halides is 6. The fraction of sp³-hybridized carbons (Fsp3) is 0.550. The zero-order valence-corrected chi connectivity index (χ0v) is 17.7. The summed E-state index contributed by atoms with van der Waals surface area (Å²) in [7, 11) is 0. The van der Waals surface area contributed by atoms with Crippen LogP contribution in [-0.4, -0.2) is 59.2 Å². The van der Waals surface area contributed by atoms with E-state index < -0.39 is 72.3 Å². The van der Waals surface area contributed by atoms with Gasteiger partial charge >= 0.3 is 24.3 Å². The molecular weight excluding hydrogens is 478 g/mol. The van der Waals surface area contributed by atoms with E-state index in [9.17, 15) is 46.1 Å². The van der Waals surface area contributed by atoms with Crippen molar-refractivity contribution in [3.8, 4) is 6.07 Å². The number of carbonyl (C=O) groups excluding carboxylic acids is 2. The largest absolute Gasteiger partial charge is 0.466 e. The van der Waals surface area contributed by atoms with Crippen molar-refractivity contribution in [1.29, 1.82) is 5.26 Å². The minimum Gasteiger partial charge on any atom is -0.466 e. The number of nitrogens with one attached hydrogen (secondary N) is 1. The Morgan fingerprint density at radius 2 is 1.32 bits per heavy atom. The van der Waals surface area contributed by atoms with Crippen molar-refractivity contribution in [2.24, 2.45) is 11.8 Å². The van der Waals surface area contributed by atoms with Crippen LogP contribution in [0.1, 0.15) is 30.9 Å². The van der Waals surface area contributed by atoms with Crippen LogP contribution in [0, 0.1) is 23.2 Å². The fourth-order valence-electron chi connectivity index (χ4n) is 3.92. The topological polar surface area (TPSA) is 129 Å². The predicted molar refractivity (Wildman–Crippen MR) is 99.3 cm³/mol. The molecule has 14 heteroatoms. The molecule has 0 radical (unpaired) electrons. The monoisotopic (exact) mass is 498 g/mol. The average molecular weight is 498 g/mol. The van der Waals surface area contributed by atoms with Gasteiger partial charge in [0.05, 0.1) is 24.8 Å². The first-order valence-electron chi connectivity index (χ1n) is 9.79. The number of esters is 2. The zero-order chi connectivity index (χ0) is 26.1. The fourth-order valence-corrected chi connectivity index (χ4v) is 3.92. The summed E-state index contributed by atoms with van der Waals surface area (Å²) in [6.45, 7) is 1.37. The number of halogens is 6. The second-order valence-electron chi connectivity index (χ2n) is 7.37. The molecule has 0 saturated carbocycles. The van der Waals surface area contributed by atoms with Crippen LogP contribution in [0.15, 0.2) is 24.3 Å². The highest BCUT2D eigenvalue weighted by Crippen LogP contribution is 2.55. The van der Waals surface area contributed by atoms with Crippen molar-refractivity contribution in [2.45, 2.75) is 43.6 Å². The van der Waals surface area contributed by atoms with E-state index in [0.717, 1.165) is 24.3 Å². The Morgan fingerprint density at radius 1 is 0.941 bits per heavy atom. The number of hydrogen-bond donors (Lipinski definition) is 3. The summed E-state index contributed by atoms with van der Waals surface area (Å²) >= 11 is 0. The number of ether oxygens (including phenoxy) is 2. The number of hydrogen-bond acceptors (Lipinski definition) is 8. The molecule has 1 heterocycles. The van der Waals surface area contributed by atoms with Gasteiger partial charge in [-0.3, -0.25) is 9.59 Å². The first kappa shape index (κ1) is 27.4. The van der Waals surface area contributed by atoms with Crippen molar-refractivity contribution in [3.05, 3.63) is 35.4 Å². The van der Waals surface area contributed by atoms with E-state index in [-0.39, 0.29) is 5.56 Å². The highest BCUT2D eigenvalue weighted by atomic mass is 19.4. The van der Waals surface area contributed by atoms with E-state index in [4.69, 9.17) is 5.26 Å². The van der Waals surface area contributed by atoms with Crippen LogP contribution in [0.4, 0.5) is 26.3 Å². The quantitative estimate of drug-likeness (QED) is 0.416. The first-order chi connectivity index (χ1) is 15.6. The molecule has 1 fully saturated rings. The van der Waals surface area contributed by atoms with Crippen LogP contribution in [0.3, 0.4) is 0 Å². The van der Waals surface area contributed by atoms with Gasteiger partial charge in [-0.25, -0.2) is 5.32 Å². The van der Waals surface area contributed by atoms with Gasteiger partial charge in [0.15, 0.2) is 0 Å².